The molecule has 4 rings (SSSR count). The molecule has 0 radical (unpaired) electrons. The summed E-state index contributed by atoms with van der Waals surface area (Å²) in [6, 6.07) is 0. The van der Waals surface area contributed by atoms with Gasteiger partial charge in [-0.3, -0.25) is 24.5 Å². The van der Waals surface area contributed by atoms with Crippen molar-refractivity contribution < 1.29 is 18.5 Å². The molecule has 1 amide bonds. The van der Waals surface area contributed by atoms with Crippen molar-refractivity contribution in [1.82, 2.24) is 19.5 Å². The third kappa shape index (κ3) is 6.54. The molecule has 0 aromatic carbocycles. The van der Waals surface area contributed by atoms with E-state index in [1.54, 1.807) is 47.5 Å². The number of carbonyl (C=O) groups excluding carboxylic acids is 1. The first-order valence-corrected chi connectivity index (χ1v) is 21.1. The van der Waals surface area contributed by atoms with Crippen molar-refractivity contribution in [2.45, 2.75) is 77.6 Å². The number of nitrogens with one attached hydrogen (secondary N) is 2. The van der Waals surface area contributed by atoms with Crippen molar-refractivity contribution in [3.8, 4) is 0 Å². The first-order chi connectivity index (χ1) is 17.2. The highest BCUT2D eigenvalue weighted by Gasteiger charge is 2.44. The van der Waals surface area contributed by atoms with Gasteiger partial charge in [0.2, 0.25) is 11.9 Å². The molecule has 2 aromatic rings. The van der Waals surface area contributed by atoms with Gasteiger partial charge < -0.3 is 13.7 Å². The van der Waals surface area contributed by atoms with E-state index in [1.165, 1.54) is 0 Å². The molecule has 10 nitrogen and oxygen atoms in total. The summed E-state index contributed by atoms with van der Waals surface area (Å²) >= 11 is 9.37. The molecule has 2 saturated heterocycles. The van der Waals surface area contributed by atoms with E-state index in [0.717, 1.165) is 11.5 Å². The Morgan fingerprint density at radius 2 is 2.05 bits per heavy atom. The lowest BCUT2D eigenvalue weighted by Crippen LogP contribution is -2.44. The van der Waals surface area contributed by atoms with Crippen LogP contribution in [-0.4, -0.2) is 64.1 Å². The maximum absolute atomic E-state index is 12.7. The molecule has 2 N–H and O–H groups in total. The van der Waals surface area contributed by atoms with Crippen LogP contribution >= 0.6 is 27.4 Å². The van der Waals surface area contributed by atoms with Gasteiger partial charge >= 0.3 is 0 Å². The molecule has 0 bridgehead atoms. The molecule has 206 valence electrons. The number of amides is 1. The third-order valence-corrected chi connectivity index (χ3v) is 21.2. The topological polar surface area (TPSA) is 120 Å². The molecule has 0 unspecified atom stereocenters. The zero-order valence-electron chi connectivity index (χ0n) is 22.3. The highest BCUT2D eigenvalue weighted by molar-refractivity contribution is 9.00. The summed E-state index contributed by atoms with van der Waals surface area (Å²) in [4.78, 5) is 36.2. The fourth-order valence-electron chi connectivity index (χ4n) is 3.66. The number of rotatable bonds is 8. The van der Waals surface area contributed by atoms with Gasteiger partial charge in [0.15, 0.2) is 24.1 Å². The zero-order valence-corrected chi connectivity index (χ0v) is 26.6. The van der Waals surface area contributed by atoms with Crippen LogP contribution in [0.15, 0.2) is 11.1 Å². The van der Waals surface area contributed by atoms with Crippen LogP contribution in [0.5, 0.6) is 0 Å². The van der Waals surface area contributed by atoms with Crippen LogP contribution in [0, 0.1) is 5.92 Å². The molecular weight excluding hydrogens is 570 g/mol. The number of hydrogen-bond acceptors (Lipinski definition) is 10. The normalized spacial score (nSPS) is 24.3. The average Bonchev–Trinajstić information content (AvgIpc) is 3.50. The summed E-state index contributed by atoms with van der Waals surface area (Å²) in [7, 11) is -2.02. The lowest BCUT2D eigenvalue weighted by atomic mass is 10.2. The maximum Gasteiger partial charge on any atom is 0.280 e. The molecule has 3 atom stereocenters. The highest BCUT2D eigenvalue weighted by atomic mass is 33.2. The van der Waals surface area contributed by atoms with Crippen LogP contribution in [-0.2, 0) is 30.3 Å². The smallest absolute Gasteiger partial charge is 0.280 e. The molecule has 0 aliphatic carbocycles. The van der Waals surface area contributed by atoms with Crippen molar-refractivity contribution in [2.24, 2.45) is 5.92 Å². The van der Waals surface area contributed by atoms with Crippen LogP contribution in [0.4, 0.5) is 5.95 Å². The molecule has 0 saturated carbocycles. The number of H-pyrrole nitrogens is 1. The minimum Gasteiger partial charge on any atom is -0.414 e. The second-order valence-corrected chi connectivity index (χ2v) is 26.6. The standard InChI is InChI=1S/C22H36N5O5PS3Si/c1-13(2)19(28)25-21-24-18-17(20(29)26-21)23-12-27(18)16-10-14(32-33(34)35-8-9-36-33)15(31-16)11-30-37(6,7)22(3,4)5/h12-16H,8-11H2,1-7H3,(H2,24,25,26,28,29)/t14-,15+,16+/m0/s1. The Hall–Kier alpha value is -0.733. The molecule has 37 heavy (non-hydrogen) atoms. The number of aromatic nitrogens is 4. The molecule has 2 fully saturated rings. The van der Waals surface area contributed by atoms with Crippen LogP contribution in [0.1, 0.15) is 47.3 Å². The fraction of sp³-hybridized carbons (Fsp3) is 0.727. The van der Waals surface area contributed by atoms with Gasteiger partial charge in [0.25, 0.3) is 5.56 Å². The average molecular weight is 606 g/mol. The minimum absolute atomic E-state index is 0.0626. The number of ether oxygens (including phenoxy) is 1. The number of fused-ring (bicyclic) bond motifs is 1. The molecule has 15 heteroatoms. The van der Waals surface area contributed by atoms with E-state index in [0.29, 0.717) is 18.7 Å². The lowest BCUT2D eigenvalue weighted by Gasteiger charge is -2.37. The summed E-state index contributed by atoms with van der Waals surface area (Å²) in [5.41, 5.74) is 0.0874. The third-order valence-electron chi connectivity index (χ3n) is 6.95. The minimum atomic E-state index is -2.05. The van der Waals surface area contributed by atoms with E-state index in [1.807, 2.05) is 0 Å². The van der Waals surface area contributed by atoms with Gasteiger partial charge in [-0.25, -0.2) is 4.98 Å². The zero-order chi connectivity index (χ0) is 27.2. The Kier molecular flexibility index (Phi) is 8.72. The molecule has 2 aliphatic heterocycles. The van der Waals surface area contributed by atoms with Gasteiger partial charge in [-0.05, 0) is 29.9 Å². The van der Waals surface area contributed by atoms with E-state index in [9.17, 15) is 9.59 Å². The quantitative estimate of drug-likeness (QED) is 0.310. The van der Waals surface area contributed by atoms with Crippen molar-refractivity contribution in [3.05, 3.63) is 16.7 Å². The number of aromatic amines is 1. The number of imidazole rings is 1. The van der Waals surface area contributed by atoms with Crippen LogP contribution < -0.4 is 10.9 Å². The van der Waals surface area contributed by atoms with E-state index in [4.69, 9.17) is 25.5 Å². The monoisotopic (exact) mass is 605 g/mol. The van der Waals surface area contributed by atoms with E-state index in [-0.39, 0.29) is 40.5 Å². The Balaban J connectivity index is 1.61. The summed E-state index contributed by atoms with van der Waals surface area (Å²) in [6.45, 7) is 15.0. The maximum atomic E-state index is 12.7. The number of carbonyl (C=O) groups is 1. The van der Waals surface area contributed by atoms with Crippen molar-refractivity contribution in [1.29, 1.82) is 0 Å². The second-order valence-electron chi connectivity index (χ2n) is 11.1. The largest absolute Gasteiger partial charge is 0.414 e. The Labute approximate surface area is 231 Å². The van der Waals surface area contributed by atoms with Gasteiger partial charge in [0.1, 0.15) is 12.3 Å². The summed E-state index contributed by atoms with van der Waals surface area (Å²) in [5.74, 6) is 1.56. The van der Waals surface area contributed by atoms with E-state index >= 15 is 0 Å². The summed E-state index contributed by atoms with van der Waals surface area (Å²) in [6.07, 6.45) is 1.04. The number of anilines is 1. The molecule has 2 aliphatic rings. The predicted molar refractivity (Wildman–Crippen MR) is 157 cm³/mol. The highest BCUT2D eigenvalue weighted by Crippen LogP contribution is 2.75. The van der Waals surface area contributed by atoms with Crippen LogP contribution in [0.25, 0.3) is 11.2 Å². The first kappa shape index (κ1) is 29.3. The summed E-state index contributed by atoms with van der Waals surface area (Å²) < 4.78 is 19.3. The van der Waals surface area contributed by atoms with E-state index < -0.39 is 24.8 Å². The van der Waals surface area contributed by atoms with Crippen molar-refractivity contribution in [3.63, 3.8) is 0 Å². The Bertz CT molecular complexity index is 1250. The lowest BCUT2D eigenvalue weighted by molar-refractivity contribution is -0.118. The SMILES string of the molecule is CC(C)C(=O)Nc1nc2c(ncn2[C@H]2C[C@H](OP3(=S)SCCS3)[C@@H](CO[Si](C)(C)C(C)(C)C)O2)c(=O)[nH]1. The molecular formula is C22H36N5O5PS3Si. The molecule has 2 aromatic heterocycles. The van der Waals surface area contributed by atoms with E-state index in [2.05, 4.69) is 54.1 Å². The Morgan fingerprint density at radius 1 is 1.38 bits per heavy atom. The van der Waals surface area contributed by atoms with Gasteiger partial charge in [-0.15, -0.1) is 0 Å². The van der Waals surface area contributed by atoms with Gasteiger partial charge in [0.05, 0.1) is 19.0 Å². The summed E-state index contributed by atoms with van der Waals surface area (Å²) in [5, 5.41) is 2.72. The second kappa shape index (κ2) is 11.0. The van der Waals surface area contributed by atoms with Crippen LogP contribution in [0.2, 0.25) is 18.1 Å². The van der Waals surface area contributed by atoms with Crippen molar-refractivity contribution in [2.75, 3.05) is 23.4 Å². The fourth-order valence-corrected chi connectivity index (χ4v) is 14.1. The number of nitrogens with zero attached hydrogens (tertiary/aromatic N) is 3. The number of hydrogen-bond donors (Lipinski definition) is 2. The van der Waals surface area contributed by atoms with Crippen LogP contribution in [0.3, 0.4) is 0 Å². The Morgan fingerprint density at radius 3 is 2.68 bits per heavy atom. The molecule has 0 spiro atoms. The van der Waals surface area contributed by atoms with Gasteiger partial charge in [-0.1, -0.05) is 57.4 Å². The predicted octanol–water partition coefficient (Wildman–Crippen LogP) is 5.11. The van der Waals surface area contributed by atoms with Crippen molar-refractivity contribution >= 4 is 70.6 Å². The van der Waals surface area contributed by atoms with Gasteiger partial charge in [0, 0.05) is 23.8 Å². The molecule has 4 heterocycles. The van der Waals surface area contributed by atoms with Gasteiger partial charge in [-0.2, -0.15) is 4.98 Å². The first-order valence-electron chi connectivity index (χ1n) is 12.3.